The minimum Gasteiger partial charge on any atom is -0.419 e. The van der Waals surface area contributed by atoms with E-state index in [0.717, 1.165) is 22.4 Å². The summed E-state index contributed by atoms with van der Waals surface area (Å²) in [6.45, 7) is 7.29. The highest BCUT2D eigenvalue weighted by molar-refractivity contribution is 9.10. The van der Waals surface area contributed by atoms with Crippen molar-refractivity contribution in [2.45, 2.75) is 46.2 Å². The lowest BCUT2D eigenvalue weighted by Crippen LogP contribution is -2.27. The first kappa shape index (κ1) is 16.2. The summed E-state index contributed by atoms with van der Waals surface area (Å²) in [7, 11) is 0. The smallest absolute Gasteiger partial charge is 0.248 e. The van der Waals surface area contributed by atoms with E-state index in [9.17, 15) is 0 Å². The van der Waals surface area contributed by atoms with E-state index in [2.05, 4.69) is 52.2 Å². The van der Waals surface area contributed by atoms with Gasteiger partial charge < -0.3 is 9.73 Å². The largest absolute Gasteiger partial charge is 0.419 e. The summed E-state index contributed by atoms with van der Waals surface area (Å²) in [6.07, 6.45) is 2.36. The van der Waals surface area contributed by atoms with Crippen LogP contribution in [0.2, 0.25) is 0 Å². The second kappa shape index (κ2) is 7.71. The SMILES string of the molecule is CCC(C)CC(C)NCc1nnc(-c2ccccc2Br)o1. The Morgan fingerprint density at radius 3 is 2.71 bits per heavy atom. The molecule has 2 aromatic rings. The third kappa shape index (κ3) is 4.64. The summed E-state index contributed by atoms with van der Waals surface area (Å²) in [6, 6.07) is 8.28. The van der Waals surface area contributed by atoms with Gasteiger partial charge in [-0.05, 0) is 47.3 Å². The second-order valence-electron chi connectivity index (χ2n) is 5.51. The standard InChI is InChI=1S/C16H22BrN3O/c1-4-11(2)9-12(3)18-10-15-19-20-16(21-15)13-7-5-6-8-14(13)17/h5-8,11-12,18H,4,9-10H2,1-3H3. The lowest BCUT2D eigenvalue weighted by molar-refractivity contribution is 0.388. The molecule has 0 saturated heterocycles. The molecule has 0 radical (unpaired) electrons. The van der Waals surface area contributed by atoms with Gasteiger partial charge in [0.05, 0.1) is 12.1 Å². The fourth-order valence-electron chi connectivity index (χ4n) is 2.18. The number of benzene rings is 1. The Morgan fingerprint density at radius 1 is 1.24 bits per heavy atom. The van der Waals surface area contributed by atoms with Gasteiger partial charge in [-0.2, -0.15) is 0 Å². The van der Waals surface area contributed by atoms with Crippen LogP contribution in [0.15, 0.2) is 33.2 Å². The molecule has 1 aromatic heterocycles. The molecule has 0 aliphatic carbocycles. The second-order valence-corrected chi connectivity index (χ2v) is 6.37. The van der Waals surface area contributed by atoms with Crippen LogP contribution in [-0.2, 0) is 6.54 Å². The molecule has 0 aliphatic rings. The van der Waals surface area contributed by atoms with Crippen molar-refractivity contribution in [3.63, 3.8) is 0 Å². The van der Waals surface area contributed by atoms with Crippen molar-refractivity contribution in [3.05, 3.63) is 34.6 Å². The van der Waals surface area contributed by atoms with Crippen molar-refractivity contribution in [1.29, 1.82) is 0 Å². The van der Waals surface area contributed by atoms with Gasteiger partial charge in [-0.15, -0.1) is 10.2 Å². The molecule has 2 rings (SSSR count). The number of halogens is 1. The van der Waals surface area contributed by atoms with Crippen LogP contribution in [-0.4, -0.2) is 16.2 Å². The Morgan fingerprint density at radius 2 is 2.00 bits per heavy atom. The number of nitrogens with zero attached hydrogens (tertiary/aromatic N) is 2. The van der Waals surface area contributed by atoms with Gasteiger partial charge in [0.15, 0.2) is 0 Å². The molecular weight excluding hydrogens is 330 g/mol. The Kier molecular flexibility index (Phi) is 5.94. The van der Waals surface area contributed by atoms with E-state index in [1.165, 1.54) is 6.42 Å². The highest BCUT2D eigenvalue weighted by Gasteiger charge is 2.12. The predicted octanol–water partition coefficient (Wildman–Crippen LogP) is 4.41. The van der Waals surface area contributed by atoms with E-state index >= 15 is 0 Å². The molecule has 0 bridgehead atoms. The van der Waals surface area contributed by atoms with E-state index in [0.29, 0.717) is 24.4 Å². The minimum absolute atomic E-state index is 0.443. The molecule has 5 heteroatoms. The third-order valence-electron chi connectivity index (χ3n) is 3.63. The number of aromatic nitrogens is 2. The molecule has 2 atom stereocenters. The van der Waals surface area contributed by atoms with Gasteiger partial charge in [0.1, 0.15) is 0 Å². The van der Waals surface area contributed by atoms with Crippen LogP contribution in [0.3, 0.4) is 0 Å². The predicted molar refractivity (Wildman–Crippen MR) is 87.8 cm³/mol. The molecule has 114 valence electrons. The summed E-state index contributed by atoms with van der Waals surface area (Å²) in [5, 5.41) is 11.7. The van der Waals surface area contributed by atoms with E-state index in [4.69, 9.17) is 4.42 Å². The number of rotatable bonds is 7. The monoisotopic (exact) mass is 351 g/mol. The van der Waals surface area contributed by atoms with Gasteiger partial charge in [0, 0.05) is 10.5 Å². The molecule has 21 heavy (non-hydrogen) atoms. The summed E-state index contributed by atoms with van der Waals surface area (Å²) >= 11 is 3.50. The van der Waals surface area contributed by atoms with Gasteiger partial charge >= 0.3 is 0 Å². The lowest BCUT2D eigenvalue weighted by Gasteiger charge is -2.16. The van der Waals surface area contributed by atoms with E-state index in [-0.39, 0.29) is 0 Å². The molecule has 2 unspecified atom stereocenters. The average Bonchev–Trinajstić information content (AvgIpc) is 2.94. The molecule has 0 aliphatic heterocycles. The molecule has 4 nitrogen and oxygen atoms in total. The van der Waals surface area contributed by atoms with Crippen LogP contribution in [0.1, 0.15) is 39.5 Å². The quantitative estimate of drug-likeness (QED) is 0.802. The van der Waals surface area contributed by atoms with E-state index < -0.39 is 0 Å². The molecule has 0 spiro atoms. The molecule has 0 saturated carbocycles. The first-order valence-electron chi connectivity index (χ1n) is 7.40. The Labute approximate surface area is 134 Å². The van der Waals surface area contributed by atoms with Crippen LogP contribution in [0.25, 0.3) is 11.5 Å². The van der Waals surface area contributed by atoms with E-state index in [1.54, 1.807) is 0 Å². The Hall–Kier alpha value is -1.20. The molecule has 1 heterocycles. The summed E-state index contributed by atoms with van der Waals surface area (Å²) in [5.41, 5.74) is 0.920. The van der Waals surface area contributed by atoms with Crippen LogP contribution in [0, 0.1) is 5.92 Å². The summed E-state index contributed by atoms with van der Waals surface area (Å²) in [4.78, 5) is 0. The number of hydrogen-bond acceptors (Lipinski definition) is 4. The molecular formula is C16H22BrN3O. The van der Waals surface area contributed by atoms with Crippen LogP contribution < -0.4 is 5.32 Å². The van der Waals surface area contributed by atoms with Crippen molar-refractivity contribution in [2.75, 3.05) is 0 Å². The maximum absolute atomic E-state index is 5.72. The normalized spacial score (nSPS) is 14.1. The van der Waals surface area contributed by atoms with Crippen LogP contribution in [0.5, 0.6) is 0 Å². The van der Waals surface area contributed by atoms with Gasteiger partial charge in [-0.1, -0.05) is 32.4 Å². The Bertz CT molecular complexity index is 570. The average molecular weight is 352 g/mol. The zero-order valence-corrected chi connectivity index (χ0v) is 14.4. The molecule has 1 N–H and O–H groups in total. The zero-order valence-electron chi connectivity index (χ0n) is 12.8. The van der Waals surface area contributed by atoms with E-state index in [1.807, 2.05) is 24.3 Å². The fourth-order valence-corrected chi connectivity index (χ4v) is 2.64. The van der Waals surface area contributed by atoms with Crippen molar-refractivity contribution < 1.29 is 4.42 Å². The van der Waals surface area contributed by atoms with Gasteiger partial charge in [-0.25, -0.2) is 0 Å². The van der Waals surface area contributed by atoms with Crippen molar-refractivity contribution in [1.82, 2.24) is 15.5 Å². The minimum atomic E-state index is 0.443. The fraction of sp³-hybridized carbons (Fsp3) is 0.500. The van der Waals surface area contributed by atoms with Crippen molar-refractivity contribution in [2.24, 2.45) is 5.92 Å². The van der Waals surface area contributed by atoms with Crippen LogP contribution in [0.4, 0.5) is 0 Å². The third-order valence-corrected chi connectivity index (χ3v) is 4.32. The van der Waals surface area contributed by atoms with Crippen LogP contribution >= 0.6 is 15.9 Å². The number of hydrogen-bond donors (Lipinski definition) is 1. The topological polar surface area (TPSA) is 51.0 Å². The highest BCUT2D eigenvalue weighted by Crippen LogP contribution is 2.26. The molecule has 0 amide bonds. The van der Waals surface area contributed by atoms with Gasteiger partial charge in [0.2, 0.25) is 11.8 Å². The van der Waals surface area contributed by atoms with Crippen molar-refractivity contribution in [3.8, 4) is 11.5 Å². The lowest BCUT2D eigenvalue weighted by atomic mass is 10.0. The Balaban J connectivity index is 1.93. The molecule has 0 fully saturated rings. The highest BCUT2D eigenvalue weighted by atomic mass is 79.9. The summed E-state index contributed by atoms with van der Waals surface area (Å²) < 4.78 is 6.67. The maximum atomic E-state index is 5.72. The van der Waals surface area contributed by atoms with Gasteiger partial charge in [-0.3, -0.25) is 0 Å². The number of nitrogens with one attached hydrogen (secondary N) is 1. The summed E-state index contributed by atoms with van der Waals surface area (Å²) in [5.74, 6) is 1.90. The first-order valence-corrected chi connectivity index (χ1v) is 8.20. The first-order chi connectivity index (χ1) is 10.1. The van der Waals surface area contributed by atoms with Crippen molar-refractivity contribution >= 4 is 15.9 Å². The van der Waals surface area contributed by atoms with Gasteiger partial charge in [0.25, 0.3) is 0 Å². The molecule has 1 aromatic carbocycles. The zero-order chi connectivity index (χ0) is 15.2. The maximum Gasteiger partial charge on any atom is 0.248 e.